The van der Waals surface area contributed by atoms with Crippen molar-refractivity contribution in [3.05, 3.63) is 36.8 Å². The molecule has 1 aromatic carbocycles. The first-order chi connectivity index (χ1) is 15.8. The molecule has 0 radical (unpaired) electrons. The summed E-state index contributed by atoms with van der Waals surface area (Å²) in [6.07, 6.45) is 4.49. The van der Waals surface area contributed by atoms with Crippen molar-refractivity contribution >= 4 is 21.6 Å². The fourth-order valence-electron chi connectivity index (χ4n) is 4.54. The van der Waals surface area contributed by atoms with Gasteiger partial charge in [0.25, 0.3) is 10.0 Å². The Labute approximate surface area is 196 Å². The van der Waals surface area contributed by atoms with Crippen molar-refractivity contribution in [2.45, 2.75) is 37.8 Å². The summed E-state index contributed by atoms with van der Waals surface area (Å²) in [7, 11) is -2.05. The summed E-state index contributed by atoms with van der Waals surface area (Å²) >= 11 is 0. The second kappa shape index (κ2) is 9.72. The lowest BCUT2D eigenvalue weighted by atomic mass is 9.97. The molecule has 4 rings (SSSR count). The molecule has 0 saturated carbocycles. The lowest BCUT2D eigenvalue weighted by Crippen LogP contribution is -2.53. The predicted molar refractivity (Wildman–Crippen MR) is 126 cm³/mol. The summed E-state index contributed by atoms with van der Waals surface area (Å²) in [6.45, 7) is 7.23. The van der Waals surface area contributed by atoms with Gasteiger partial charge in [-0.2, -0.15) is 4.31 Å². The van der Waals surface area contributed by atoms with E-state index in [2.05, 4.69) is 9.88 Å². The number of anilines is 1. The third-order valence-electron chi connectivity index (χ3n) is 6.53. The van der Waals surface area contributed by atoms with E-state index >= 15 is 0 Å². The number of aromatic nitrogens is 2. The average Bonchev–Trinajstić information content (AvgIpc) is 3.36. The van der Waals surface area contributed by atoms with E-state index in [-0.39, 0.29) is 29.4 Å². The van der Waals surface area contributed by atoms with Crippen LogP contribution in [0.1, 0.15) is 32.7 Å². The van der Waals surface area contributed by atoms with Crippen molar-refractivity contribution in [1.29, 1.82) is 0 Å². The number of piperazine rings is 1. The number of hydrogen-bond acceptors (Lipinski definition) is 6. The molecule has 2 aromatic rings. The summed E-state index contributed by atoms with van der Waals surface area (Å²) in [4.78, 5) is 21.5. The van der Waals surface area contributed by atoms with Crippen molar-refractivity contribution in [1.82, 2.24) is 18.8 Å². The van der Waals surface area contributed by atoms with Crippen LogP contribution in [0.2, 0.25) is 0 Å². The molecule has 2 fully saturated rings. The van der Waals surface area contributed by atoms with Gasteiger partial charge in [0, 0.05) is 51.5 Å². The molecule has 0 bridgehead atoms. The van der Waals surface area contributed by atoms with Crippen LogP contribution >= 0.6 is 0 Å². The zero-order valence-corrected chi connectivity index (χ0v) is 20.4. The number of sulfonamides is 1. The third kappa shape index (κ3) is 4.86. The van der Waals surface area contributed by atoms with Gasteiger partial charge in [-0.05, 0) is 38.8 Å². The number of rotatable bonds is 6. The highest BCUT2D eigenvalue weighted by molar-refractivity contribution is 7.89. The van der Waals surface area contributed by atoms with E-state index in [0.29, 0.717) is 45.6 Å². The highest BCUT2D eigenvalue weighted by atomic mass is 32.2. The number of benzene rings is 1. The fourth-order valence-corrected chi connectivity index (χ4v) is 5.99. The normalized spacial score (nSPS) is 20.3. The van der Waals surface area contributed by atoms with E-state index in [1.165, 1.54) is 4.31 Å². The minimum atomic E-state index is -3.72. The van der Waals surface area contributed by atoms with Crippen molar-refractivity contribution in [2.24, 2.45) is 5.92 Å². The van der Waals surface area contributed by atoms with Gasteiger partial charge in [-0.1, -0.05) is 12.1 Å². The van der Waals surface area contributed by atoms with Crippen LogP contribution in [0.4, 0.5) is 5.69 Å². The van der Waals surface area contributed by atoms with Gasteiger partial charge >= 0.3 is 0 Å². The Morgan fingerprint density at radius 3 is 2.52 bits per heavy atom. The maximum atomic E-state index is 13.3. The predicted octanol–water partition coefficient (Wildman–Crippen LogP) is 2.22. The summed E-state index contributed by atoms with van der Waals surface area (Å²) in [5, 5.41) is 0.0507. The summed E-state index contributed by atoms with van der Waals surface area (Å²) < 4.78 is 34.9. The molecule has 0 unspecified atom stereocenters. The lowest BCUT2D eigenvalue weighted by molar-refractivity contribution is -0.137. The molecule has 1 atom stereocenters. The van der Waals surface area contributed by atoms with Gasteiger partial charge in [0.05, 0.1) is 25.0 Å². The van der Waals surface area contributed by atoms with E-state index in [1.807, 2.05) is 43.0 Å². The maximum Gasteiger partial charge on any atom is 0.262 e. The molecule has 180 valence electrons. The highest BCUT2D eigenvalue weighted by Crippen LogP contribution is 2.29. The number of piperidine rings is 1. The zero-order chi connectivity index (χ0) is 23.6. The molecule has 1 aromatic heterocycles. The molecule has 2 saturated heterocycles. The summed E-state index contributed by atoms with van der Waals surface area (Å²) in [5.74, 6) is 0.547. The zero-order valence-electron chi connectivity index (χ0n) is 19.6. The van der Waals surface area contributed by atoms with Crippen LogP contribution in [0.5, 0.6) is 5.75 Å². The number of carbonyl (C=O) groups excluding carboxylic acids is 1. The molecule has 2 aliphatic rings. The second-order valence-electron chi connectivity index (χ2n) is 8.94. The Balaban J connectivity index is 1.39. The smallest absolute Gasteiger partial charge is 0.262 e. The first kappa shape index (κ1) is 23.6. The number of hydrogen-bond donors (Lipinski definition) is 0. The Morgan fingerprint density at radius 2 is 1.85 bits per heavy atom. The van der Waals surface area contributed by atoms with Gasteiger partial charge in [0.15, 0.2) is 5.03 Å². The van der Waals surface area contributed by atoms with Crippen LogP contribution in [0.25, 0.3) is 0 Å². The minimum absolute atomic E-state index is 0.0438. The molecule has 9 nitrogen and oxygen atoms in total. The van der Waals surface area contributed by atoms with Gasteiger partial charge in [0.2, 0.25) is 5.91 Å². The van der Waals surface area contributed by atoms with Gasteiger partial charge in [-0.3, -0.25) is 4.79 Å². The largest absolute Gasteiger partial charge is 0.495 e. The SMILES string of the molecule is COc1ccccc1N1CCN(C(=O)[C@@H]2CCCN(S(=O)(=O)c3cn(C(C)C)cn3)C2)CC1. The molecule has 0 N–H and O–H groups in total. The Bertz CT molecular complexity index is 1080. The first-order valence-corrected chi connectivity index (χ1v) is 13.0. The van der Waals surface area contributed by atoms with Gasteiger partial charge in [-0.15, -0.1) is 0 Å². The minimum Gasteiger partial charge on any atom is -0.495 e. The molecular weight excluding hydrogens is 442 g/mol. The number of nitrogens with zero attached hydrogens (tertiary/aromatic N) is 5. The van der Waals surface area contributed by atoms with E-state index in [4.69, 9.17) is 4.74 Å². The monoisotopic (exact) mass is 475 g/mol. The number of methoxy groups -OCH3 is 1. The van der Waals surface area contributed by atoms with Crippen LogP contribution < -0.4 is 9.64 Å². The summed E-state index contributed by atoms with van der Waals surface area (Å²) in [5.41, 5.74) is 1.03. The van der Waals surface area contributed by atoms with Crippen molar-refractivity contribution < 1.29 is 17.9 Å². The Kier molecular flexibility index (Phi) is 6.94. The first-order valence-electron chi connectivity index (χ1n) is 11.5. The topological polar surface area (TPSA) is 88.0 Å². The molecule has 0 aliphatic carbocycles. The molecular formula is C23H33N5O4S. The van der Waals surface area contributed by atoms with E-state index in [0.717, 1.165) is 11.4 Å². The standard InChI is InChI=1S/C23H33N5O4S/c1-18(2)27-16-22(24-17-27)33(30,31)28-10-6-7-19(15-28)23(29)26-13-11-25(12-14-26)20-8-4-5-9-21(20)32-3/h4-5,8-9,16-19H,6-7,10-15H2,1-3H3/t19-/m1/s1. The molecule has 0 spiro atoms. The number of carbonyl (C=O) groups is 1. The number of imidazole rings is 1. The van der Waals surface area contributed by atoms with Crippen LogP contribution in [0, 0.1) is 5.92 Å². The van der Waals surface area contributed by atoms with Crippen molar-refractivity contribution in [3.63, 3.8) is 0 Å². The number of ether oxygens (including phenoxy) is 1. The number of amides is 1. The van der Waals surface area contributed by atoms with Gasteiger partial charge in [0.1, 0.15) is 5.75 Å². The molecule has 10 heteroatoms. The average molecular weight is 476 g/mol. The van der Waals surface area contributed by atoms with Crippen molar-refractivity contribution in [3.8, 4) is 5.75 Å². The molecule has 33 heavy (non-hydrogen) atoms. The van der Waals surface area contributed by atoms with E-state index in [9.17, 15) is 13.2 Å². The highest BCUT2D eigenvalue weighted by Gasteiger charge is 2.37. The molecule has 1 amide bonds. The Hall–Kier alpha value is -2.59. The van der Waals surface area contributed by atoms with Crippen LogP contribution in [-0.2, 0) is 14.8 Å². The van der Waals surface area contributed by atoms with Crippen LogP contribution in [-0.4, -0.2) is 79.5 Å². The molecule has 3 heterocycles. The number of para-hydroxylation sites is 2. The van der Waals surface area contributed by atoms with Crippen LogP contribution in [0.15, 0.2) is 41.8 Å². The molecule has 2 aliphatic heterocycles. The summed E-state index contributed by atoms with van der Waals surface area (Å²) in [6, 6.07) is 8.02. The van der Waals surface area contributed by atoms with E-state index < -0.39 is 10.0 Å². The second-order valence-corrected chi connectivity index (χ2v) is 10.8. The maximum absolute atomic E-state index is 13.3. The van der Waals surface area contributed by atoms with Crippen molar-refractivity contribution in [2.75, 3.05) is 51.3 Å². The fraction of sp³-hybridized carbons (Fsp3) is 0.565. The quantitative estimate of drug-likeness (QED) is 0.637. The van der Waals surface area contributed by atoms with Gasteiger partial charge < -0.3 is 19.1 Å². The Morgan fingerprint density at radius 1 is 1.12 bits per heavy atom. The lowest BCUT2D eigenvalue weighted by Gasteiger charge is -2.39. The van der Waals surface area contributed by atoms with Crippen LogP contribution in [0.3, 0.4) is 0 Å². The van der Waals surface area contributed by atoms with E-state index in [1.54, 1.807) is 24.2 Å². The van der Waals surface area contributed by atoms with Gasteiger partial charge in [-0.25, -0.2) is 13.4 Å². The third-order valence-corrected chi connectivity index (χ3v) is 8.28.